The molecule has 4 N–H and O–H groups in total. The lowest BCUT2D eigenvalue weighted by molar-refractivity contribution is -0.122. The first-order chi connectivity index (χ1) is 19.7. The standard InChI is InChI=1S/C32H41N3O5S/c1-31(2,3)40-30(37)35-20-22-39-21-19-34-29(36)28(33)23-41-32(24-11-7-5-8-12-24,25-13-9-6-10-14-25)26-15-17-27(38-4)18-16-26/h5-18,28H,19-23,33H2,1-4H3,(H,34,36)(H,35,37)/t28-/m0/s1. The van der Waals surface area contributed by atoms with Crippen LogP contribution in [0.4, 0.5) is 4.79 Å². The molecule has 0 fully saturated rings. The first-order valence-corrected chi connectivity index (χ1v) is 14.6. The molecule has 220 valence electrons. The van der Waals surface area contributed by atoms with Gasteiger partial charge >= 0.3 is 6.09 Å². The van der Waals surface area contributed by atoms with Gasteiger partial charge in [0.25, 0.3) is 0 Å². The fourth-order valence-electron chi connectivity index (χ4n) is 4.23. The van der Waals surface area contributed by atoms with Crippen LogP contribution in [0, 0.1) is 0 Å². The van der Waals surface area contributed by atoms with Crippen LogP contribution in [0.5, 0.6) is 5.75 Å². The second-order valence-corrected chi connectivity index (χ2v) is 11.6. The summed E-state index contributed by atoms with van der Waals surface area (Å²) < 4.78 is 15.5. The third-order valence-electron chi connectivity index (χ3n) is 6.13. The summed E-state index contributed by atoms with van der Waals surface area (Å²) in [4.78, 5) is 24.5. The van der Waals surface area contributed by atoms with Crippen LogP contribution in [0.15, 0.2) is 84.9 Å². The van der Waals surface area contributed by atoms with Gasteiger partial charge < -0.3 is 30.6 Å². The molecule has 0 spiro atoms. The van der Waals surface area contributed by atoms with Gasteiger partial charge in [-0.3, -0.25) is 4.79 Å². The number of benzene rings is 3. The van der Waals surface area contributed by atoms with Crippen molar-refractivity contribution < 1.29 is 23.8 Å². The first kappa shape index (κ1) is 32.0. The van der Waals surface area contributed by atoms with Crippen LogP contribution in [0.25, 0.3) is 0 Å². The Balaban J connectivity index is 1.62. The summed E-state index contributed by atoms with van der Waals surface area (Å²) in [6.07, 6.45) is -0.491. The number of ether oxygens (including phenoxy) is 3. The highest BCUT2D eigenvalue weighted by molar-refractivity contribution is 8.00. The maximum absolute atomic E-state index is 12.9. The third-order valence-corrected chi connectivity index (χ3v) is 7.80. The van der Waals surface area contributed by atoms with Crippen LogP contribution in [0.3, 0.4) is 0 Å². The topological polar surface area (TPSA) is 112 Å². The van der Waals surface area contributed by atoms with E-state index in [1.165, 1.54) is 0 Å². The Morgan fingerprint density at radius 1 is 0.805 bits per heavy atom. The zero-order valence-corrected chi connectivity index (χ0v) is 25.0. The number of methoxy groups -OCH3 is 1. The van der Waals surface area contributed by atoms with Crippen LogP contribution in [-0.2, 0) is 19.0 Å². The van der Waals surface area contributed by atoms with Gasteiger partial charge in [0.1, 0.15) is 11.4 Å². The van der Waals surface area contributed by atoms with Crippen molar-refractivity contribution in [3.63, 3.8) is 0 Å². The molecule has 0 aliphatic heterocycles. The molecule has 0 aliphatic rings. The molecular formula is C32H41N3O5S. The zero-order chi connectivity index (χ0) is 29.7. The van der Waals surface area contributed by atoms with Gasteiger partial charge in [0, 0.05) is 18.8 Å². The second-order valence-electron chi connectivity index (χ2n) is 10.4. The van der Waals surface area contributed by atoms with Crippen molar-refractivity contribution in [2.75, 3.05) is 39.2 Å². The Kier molecular flexibility index (Phi) is 12.1. The Bertz CT molecular complexity index is 1180. The number of alkyl carbamates (subject to hydrolysis) is 1. The summed E-state index contributed by atoms with van der Waals surface area (Å²) in [6.45, 7) is 6.63. The predicted octanol–water partition coefficient (Wildman–Crippen LogP) is 4.71. The van der Waals surface area contributed by atoms with Gasteiger partial charge in [-0.1, -0.05) is 72.8 Å². The summed E-state index contributed by atoms with van der Waals surface area (Å²) in [7, 11) is 1.65. The number of hydrogen-bond acceptors (Lipinski definition) is 7. The van der Waals surface area contributed by atoms with E-state index in [2.05, 4.69) is 47.0 Å². The van der Waals surface area contributed by atoms with E-state index in [1.807, 2.05) is 48.5 Å². The van der Waals surface area contributed by atoms with Crippen molar-refractivity contribution >= 4 is 23.8 Å². The molecular weight excluding hydrogens is 538 g/mol. The fraction of sp³-hybridized carbons (Fsp3) is 0.375. The lowest BCUT2D eigenvalue weighted by Crippen LogP contribution is -2.44. The first-order valence-electron chi connectivity index (χ1n) is 13.6. The number of nitrogens with two attached hydrogens (primary N) is 1. The highest BCUT2D eigenvalue weighted by Crippen LogP contribution is 2.48. The van der Waals surface area contributed by atoms with Gasteiger partial charge in [0.15, 0.2) is 0 Å². The van der Waals surface area contributed by atoms with Gasteiger partial charge in [-0.05, 0) is 49.6 Å². The molecule has 0 saturated carbocycles. The molecule has 3 aromatic carbocycles. The van der Waals surface area contributed by atoms with Crippen molar-refractivity contribution in [1.29, 1.82) is 0 Å². The molecule has 3 rings (SSSR count). The monoisotopic (exact) mass is 579 g/mol. The summed E-state index contributed by atoms with van der Waals surface area (Å²) in [6, 6.07) is 27.8. The van der Waals surface area contributed by atoms with E-state index in [0.29, 0.717) is 32.1 Å². The van der Waals surface area contributed by atoms with Gasteiger partial charge in [0.05, 0.1) is 31.1 Å². The molecule has 0 aliphatic carbocycles. The van der Waals surface area contributed by atoms with Crippen molar-refractivity contribution in [1.82, 2.24) is 10.6 Å². The Labute approximate surface area is 247 Å². The molecule has 41 heavy (non-hydrogen) atoms. The lowest BCUT2D eigenvalue weighted by atomic mass is 9.84. The highest BCUT2D eigenvalue weighted by atomic mass is 32.2. The average molecular weight is 580 g/mol. The highest BCUT2D eigenvalue weighted by Gasteiger charge is 2.38. The number of carbonyl (C=O) groups excluding carboxylic acids is 2. The number of nitrogens with one attached hydrogen (secondary N) is 2. The molecule has 0 heterocycles. The van der Waals surface area contributed by atoms with Crippen LogP contribution in [0.2, 0.25) is 0 Å². The SMILES string of the molecule is COc1ccc(C(SC[C@H](N)C(=O)NCCOCCNC(=O)OC(C)(C)C)(c2ccccc2)c2ccccc2)cc1. The molecule has 8 nitrogen and oxygen atoms in total. The van der Waals surface area contributed by atoms with Crippen molar-refractivity contribution in [3.05, 3.63) is 102 Å². The lowest BCUT2D eigenvalue weighted by Gasteiger charge is -2.36. The summed E-state index contributed by atoms with van der Waals surface area (Å²) >= 11 is 1.62. The van der Waals surface area contributed by atoms with Gasteiger partial charge in [0.2, 0.25) is 5.91 Å². The smallest absolute Gasteiger partial charge is 0.407 e. The molecule has 2 amide bonds. The third kappa shape index (κ3) is 9.52. The minimum Gasteiger partial charge on any atom is -0.497 e. The molecule has 0 saturated heterocycles. The average Bonchev–Trinajstić information content (AvgIpc) is 2.97. The van der Waals surface area contributed by atoms with E-state index in [9.17, 15) is 9.59 Å². The van der Waals surface area contributed by atoms with Crippen molar-refractivity contribution in [2.45, 2.75) is 37.2 Å². The number of carbonyl (C=O) groups is 2. The second kappa shape index (κ2) is 15.5. The van der Waals surface area contributed by atoms with E-state index >= 15 is 0 Å². The molecule has 3 aromatic rings. The van der Waals surface area contributed by atoms with Gasteiger partial charge in [-0.15, -0.1) is 11.8 Å². The molecule has 0 unspecified atom stereocenters. The minimum atomic E-state index is -0.737. The molecule has 0 aromatic heterocycles. The van der Waals surface area contributed by atoms with E-state index < -0.39 is 22.5 Å². The van der Waals surface area contributed by atoms with Crippen molar-refractivity contribution in [3.8, 4) is 5.75 Å². The largest absolute Gasteiger partial charge is 0.497 e. The maximum atomic E-state index is 12.9. The molecule has 0 bridgehead atoms. The minimum absolute atomic E-state index is 0.252. The van der Waals surface area contributed by atoms with Crippen LogP contribution in [0.1, 0.15) is 37.5 Å². The quantitative estimate of drug-likeness (QED) is 0.187. The summed E-state index contributed by atoms with van der Waals surface area (Å²) in [5.41, 5.74) is 9.07. The summed E-state index contributed by atoms with van der Waals surface area (Å²) in [5.74, 6) is 0.896. The Morgan fingerprint density at radius 3 is 1.83 bits per heavy atom. The van der Waals surface area contributed by atoms with Gasteiger partial charge in [-0.25, -0.2) is 4.79 Å². The molecule has 1 atom stereocenters. The van der Waals surface area contributed by atoms with Gasteiger partial charge in [-0.2, -0.15) is 0 Å². The van der Waals surface area contributed by atoms with Crippen molar-refractivity contribution in [2.24, 2.45) is 5.73 Å². The molecule has 0 radical (unpaired) electrons. The van der Waals surface area contributed by atoms with Crippen LogP contribution < -0.4 is 21.1 Å². The molecule has 9 heteroatoms. The van der Waals surface area contributed by atoms with E-state index in [4.69, 9.17) is 19.9 Å². The number of thioether (sulfide) groups is 1. The normalized spacial score (nSPS) is 12.3. The fourth-order valence-corrected chi connectivity index (χ4v) is 5.72. The summed E-state index contributed by atoms with van der Waals surface area (Å²) in [5, 5.41) is 5.48. The van der Waals surface area contributed by atoms with Crippen LogP contribution >= 0.6 is 11.8 Å². The van der Waals surface area contributed by atoms with E-state index in [0.717, 1.165) is 22.4 Å². The van der Waals surface area contributed by atoms with E-state index in [1.54, 1.807) is 39.6 Å². The Hall–Kier alpha value is -3.53. The predicted molar refractivity (Wildman–Crippen MR) is 164 cm³/mol. The Morgan fingerprint density at radius 2 is 1.32 bits per heavy atom. The van der Waals surface area contributed by atoms with E-state index in [-0.39, 0.29) is 5.91 Å². The number of hydrogen-bond donors (Lipinski definition) is 3. The number of rotatable bonds is 14. The maximum Gasteiger partial charge on any atom is 0.407 e. The number of amides is 2. The van der Waals surface area contributed by atoms with Crippen LogP contribution in [-0.4, -0.2) is 62.8 Å². The zero-order valence-electron chi connectivity index (χ0n) is 24.2.